The Bertz CT molecular complexity index is 651. The molecule has 1 amide bonds. The summed E-state index contributed by atoms with van der Waals surface area (Å²) < 4.78 is 0. The number of primary amides is 1. The molecule has 0 radical (unpaired) electrons. The minimum absolute atomic E-state index is 0. The third kappa shape index (κ3) is 5.20. The lowest BCUT2D eigenvalue weighted by Gasteiger charge is -2.31. The normalized spacial score (nSPS) is 22.4. The van der Waals surface area contributed by atoms with Crippen LogP contribution in [-0.2, 0) is 4.79 Å². The van der Waals surface area contributed by atoms with Crippen LogP contribution >= 0.6 is 12.4 Å². The van der Waals surface area contributed by atoms with Crippen molar-refractivity contribution in [3.05, 3.63) is 59.2 Å². The number of carbonyl (C=O) groups excluding carboxylic acids is 1. The molecule has 0 aliphatic heterocycles. The Morgan fingerprint density at radius 2 is 1.96 bits per heavy atom. The van der Waals surface area contributed by atoms with Gasteiger partial charge in [-0.1, -0.05) is 61.9 Å². The summed E-state index contributed by atoms with van der Waals surface area (Å²) in [7, 11) is 0. The van der Waals surface area contributed by atoms with Crippen LogP contribution in [-0.4, -0.2) is 19.0 Å². The van der Waals surface area contributed by atoms with Gasteiger partial charge in [-0.3, -0.25) is 4.79 Å². The van der Waals surface area contributed by atoms with Crippen molar-refractivity contribution >= 4 is 18.3 Å². The average molecular weight is 363 g/mol. The highest BCUT2D eigenvalue weighted by Crippen LogP contribution is 2.37. The van der Waals surface area contributed by atoms with E-state index in [0.29, 0.717) is 12.5 Å². The molecule has 0 aromatic heterocycles. The smallest absolute Gasteiger partial charge is 0.232 e. The number of hydrogen-bond acceptors (Lipinski definition) is 2. The van der Waals surface area contributed by atoms with Gasteiger partial charge in [0.25, 0.3) is 0 Å². The lowest BCUT2D eigenvalue weighted by molar-refractivity contribution is -0.123. The van der Waals surface area contributed by atoms with E-state index in [-0.39, 0.29) is 24.2 Å². The van der Waals surface area contributed by atoms with Crippen molar-refractivity contribution < 1.29 is 4.79 Å². The van der Waals surface area contributed by atoms with Crippen LogP contribution in [0.4, 0.5) is 0 Å². The predicted molar refractivity (Wildman–Crippen MR) is 108 cm³/mol. The zero-order valence-corrected chi connectivity index (χ0v) is 16.5. The molecule has 0 saturated carbocycles. The van der Waals surface area contributed by atoms with Crippen molar-refractivity contribution in [3.63, 3.8) is 0 Å². The topological polar surface area (TPSA) is 55.1 Å². The van der Waals surface area contributed by atoms with Gasteiger partial charge >= 0.3 is 0 Å². The van der Waals surface area contributed by atoms with Crippen LogP contribution in [0.5, 0.6) is 0 Å². The highest BCUT2D eigenvalue weighted by Gasteiger charge is 2.35. The van der Waals surface area contributed by atoms with Crippen molar-refractivity contribution in [1.82, 2.24) is 5.32 Å². The number of aryl methyl sites for hydroxylation is 1. The molecule has 0 spiro atoms. The van der Waals surface area contributed by atoms with E-state index in [4.69, 9.17) is 5.73 Å². The molecule has 1 aliphatic carbocycles. The zero-order chi connectivity index (χ0) is 17.7. The summed E-state index contributed by atoms with van der Waals surface area (Å²) in [5.41, 5.74) is 8.75. The van der Waals surface area contributed by atoms with Gasteiger partial charge in [-0.15, -0.1) is 12.4 Å². The second kappa shape index (κ2) is 9.21. The molecule has 0 fully saturated rings. The van der Waals surface area contributed by atoms with Crippen molar-refractivity contribution in [2.45, 2.75) is 40.0 Å². The highest BCUT2D eigenvalue weighted by molar-refractivity contribution is 5.86. The first-order chi connectivity index (χ1) is 11.4. The molecule has 138 valence electrons. The number of rotatable bonds is 7. The molecule has 1 aliphatic rings. The van der Waals surface area contributed by atoms with E-state index in [1.165, 1.54) is 16.7 Å². The molecule has 3 N–H and O–H groups in total. The predicted octanol–water partition coefficient (Wildman–Crippen LogP) is 4.12. The lowest BCUT2D eigenvalue weighted by atomic mass is 9.75. The minimum atomic E-state index is -0.722. The summed E-state index contributed by atoms with van der Waals surface area (Å²) in [5.74, 6) is 0.569. The number of amides is 1. The van der Waals surface area contributed by atoms with E-state index in [0.717, 1.165) is 13.0 Å². The number of carbonyl (C=O) groups is 1. The summed E-state index contributed by atoms with van der Waals surface area (Å²) >= 11 is 0. The van der Waals surface area contributed by atoms with Crippen LogP contribution in [0.15, 0.2) is 48.1 Å². The summed E-state index contributed by atoms with van der Waals surface area (Å²) in [6.07, 6.45) is 7.26. The molecule has 2 rings (SSSR count). The Hall–Kier alpha value is -1.58. The fourth-order valence-corrected chi connectivity index (χ4v) is 3.28. The van der Waals surface area contributed by atoms with Gasteiger partial charge < -0.3 is 11.1 Å². The van der Waals surface area contributed by atoms with Crippen LogP contribution in [0.3, 0.4) is 0 Å². The van der Waals surface area contributed by atoms with Crippen molar-refractivity contribution in [1.29, 1.82) is 0 Å². The molecule has 2 atom stereocenters. The first-order valence-corrected chi connectivity index (χ1v) is 8.80. The molecule has 1 aromatic carbocycles. The molecule has 1 aromatic rings. The SMILES string of the molecule is CC1=CC(CNCCC(C)C)(C(N)=O)C=CC1c1ccccc1C.Cl. The summed E-state index contributed by atoms with van der Waals surface area (Å²) in [6, 6.07) is 8.39. The van der Waals surface area contributed by atoms with Crippen LogP contribution in [0.2, 0.25) is 0 Å². The molecular formula is C21H31ClN2O. The van der Waals surface area contributed by atoms with Gasteiger partial charge in [0.2, 0.25) is 5.91 Å². The van der Waals surface area contributed by atoms with Gasteiger partial charge in [0.15, 0.2) is 0 Å². The van der Waals surface area contributed by atoms with Crippen molar-refractivity contribution in [2.75, 3.05) is 13.1 Å². The first kappa shape index (κ1) is 21.5. The van der Waals surface area contributed by atoms with E-state index in [2.05, 4.69) is 69.4 Å². The molecule has 25 heavy (non-hydrogen) atoms. The Kier molecular flexibility index (Phi) is 7.91. The van der Waals surface area contributed by atoms with Crippen LogP contribution < -0.4 is 11.1 Å². The largest absolute Gasteiger partial charge is 0.369 e. The molecule has 3 nitrogen and oxygen atoms in total. The van der Waals surface area contributed by atoms with Crippen molar-refractivity contribution in [3.8, 4) is 0 Å². The maximum Gasteiger partial charge on any atom is 0.232 e. The molecule has 4 heteroatoms. The van der Waals surface area contributed by atoms with Gasteiger partial charge in [-0.25, -0.2) is 0 Å². The Morgan fingerprint density at radius 3 is 2.52 bits per heavy atom. The Labute approximate surface area is 158 Å². The lowest BCUT2D eigenvalue weighted by Crippen LogP contribution is -2.44. The number of benzene rings is 1. The summed E-state index contributed by atoms with van der Waals surface area (Å²) in [6.45, 7) is 10.1. The van der Waals surface area contributed by atoms with Gasteiger partial charge in [0, 0.05) is 12.5 Å². The third-order valence-corrected chi connectivity index (χ3v) is 4.86. The van der Waals surface area contributed by atoms with Gasteiger partial charge in [-0.05, 0) is 43.9 Å². The van der Waals surface area contributed by atoms with E-state index in [1.54, 1.807) is 0 Å². The fraction of sp³-hybridized carbons (Fsp3) is 0.476. The molecule has 2 unspecified atom stereocenters. The maximum absolute atomic E-state index is 12.1. The minimum Gasteiger partial charge on any atom is -0.369 e. The quantitative estimate of drug-likeness (QED) is 0.566. The monoisotopic (exact) mass is 362 g/mol. The molecule has 0 heterocycles. The fourth-order valence-electron chi connectivity index (χ4n) is 3.28. The molecule has 0 saturated heterocycles. The highest BCUT2D eigenvalue weighted by atomic mass is 35.5. The average Bonchev–Trinajstić information content (AvgIpc) is 2.52. The van der Waals surface area contributed by atoms with Gasteiger partial charge in [0.1, 0.15) is 0 Å². The van der Waals surface area contributed by atoms with E-state index < -0.39 is 5.41 Å². The second-order valence-corrected chi connectivity index (χ2v) is 7.35. The van der Waals surface area contributed by atoms with Crippen LogP contribution in [0.1, 0.15) is 44.2 Å². The van der Waals surface area contributed by atoms with E-state index in [9.17, 15) is 4.79 Å². The third-order valence-electron chi connectivity index (χ3n) is 4.86. The number of nitrogens with two attached hydrogens (primary N) is 1. The molecule has 0 bridgehead atoms. The van der Waals surface area contributed by atoms with Gasteiger partial charge in [0.05, 0.1) is 5.41 Å². The van der Waals surface area contributed by atoms with Crippen molar-refractivity contribution in [2.24, 2.45) is 17.1 Å². The Morgan fingerprint density at radius 1 is 1.28 bits per heavy atom. The summed E-state index contributed by atoms with van der Waals surface area (Å²) in [5, 5.41) is 3.40. The van der Waals surface area contributed by atoms with Crippen LogP contribution in [0.25, 0.3) is 0 Å². The second-order valence-electron chi connectivity index (χ2n) is 7.35. The zero-order valence-electron chi connectivity index (χ0n) is 15.7. The number of allylic oxidation sites excluding steroid dienone is 2. The first-order valence-electron chi connectivity index (χ1n) is 8.80. The summed E-state index contributed by atoms with van der Waals surface area (Å²) in [4.78, 5) is 12.1. The van der Waals surface area contributed by atoms with Crippen LogP contribution in [0, 0.1) is 18.3 Å². The van der Waals surface area contributed by atoms with E-state index >= 15 is 0 Å². The number of hydrogen-bond donors (Lipinski definition) is 2. The van der Waals surface area contributed by atoms with Gasteiger partial charge in [-0.2, -0.15) is 0 Å². The Balaban J connectivity index is 0.00000312. The standard InChI is InChI=1S/C21H30N2O.ClH/c1-15(2)10-12-23-14-21(20(22)24)11-9-19(17(4)13-21)18-8-6-5-7-16(18)3;/h5-9,11,13,15,19,23H,10,12,14H2,1-4H3,(H2,22,24);1H. The molecular weight excluding hydrogens is 332 g/mol. The van der Waals surface area contributed by atoms with E-state index in [1.807, 2.05) is 6.08 Å². The number of nitrogens with one attached hydrogen (secondary N) is 1. The maximum atomic E-state index is 12.1. The number of halogens is 1.